The van der Waals surface area contributed by atoms with E-state index in [4.69, 9.17) is 0 Å². The highest BCUT2D eigenvalue weighted by Gasteiger charge is 1.93. The SMILES string of the molecule is CC1=C=C=C(C)C(C)=C1. The summed E-state index contributed by atoms with van der Waals surface area (Å²) >= 11 is 0. The first-order chi connectivity index (χ1) is 4.20. The quantitative estimate of drug-likeness (QED) is 0.429. The van der Waals surface area contributed by atoms with Crippen LogP contribution in [-0.4, -0.2) is 0 Å². The van der Waals surface area contributed by atoms with Gasteiger partial charge in [0.15, 0.2) is 0 Å². The molecule has 0 heteroatoms. The molecule has 1 aliphatic rings. The monoisotopic (exact) mass is 118 g/mol. The van der Waals surface area contributed by atoms with Gasteiger partial charge in [-0.2, -0.15) is 0 Å². The topological polar surface area (TPSA) is 0 Å². The normalized spacial score (nSPS) is 16.6. The summed E-state index contributed by atoms with van der Waals surface area (Å²) in [6.07, 6.45) is 2.12. The van der Waals surface area contributed by atoms with E-state index in [1.165, 1.54) is 11.1 Å². The largest absolute Gasteiger partial charge is 0.0667 e. The molecular formula is C9H10. The summed E-state index contributed by atoms with van der Waals surface area (Å²) in [5, 5.41) is 0. The zero-order valence-corrected chi connectivity index (χ0v) is 6.08. The summed E-state index contributed by atoms with van der Waals surface area (Å²) in [6, 6.07) is 0. The summed E-state index contributed by atoms with van der Waals surface area (Å²) in [7, 11) is 0. The van der Waals surface area contributed by atoms with E-state index in [2.05, 4.69) is 24.5 Å². The predicted octanol–water partition coefficient (Wildman–Crippen LogP) is 2.59. The fraction of sp³-hybridized carbons (Fsp3) is 0.333. The molecule has 0 nitrogen and oxygen atoms in total. The zero-order valence-electron chi connectivity index (χ0n) is 6.08. The van der Waals surface area contributed by atoms with Crippen LogP contribution in [0, 0.1) is 0 Å². The second-order valence-electron chi connectivity index (χ2n) is 2.39. The summed E-state index contributed by atoms with van der Waals surface area (Å²) in [5.41, 5.74) is 9.72. The molecule has 0 saturated carbocycles. The molecule has 0 spiro atoms. The van der Waals surface area contributed by atoms with Crippen molar-refractivity contribution in [3.8, 4) is 0 Å². The first-order valence-corrected chi connectivity index (χ1v) is 3.08. The van der Waals surface area contributed by atoms with Crippen molar-refractivity contribution in [1.29, 1.82) is 0 Å². The van der Waals surface area contributed by atoms with Crippen LogP contribution in [0.5, 0.6) is 0 Å². The molecule has 0 amide bonds. The van der Waals surface area contributed by atoms with Crippen LogP contribution in [-0.2, 0) is 0 Å². The van der Waals surface area contributed by atoms with E-state index in [-0.39, 0.29) is 0 Å². The molecule has 0 radical (unpaired) electrons. The fourth-order valence-corrected chi connectivity index (χ4v) is 0.760. The second-order valence-corrected chi connectivity index (χ2v) is 2.39. The minimum Gasteiger partial charge on any atom is -0.0667 e. The zero-order chi connectivity index (χ0) is 6.85. The lowest BCUT2D eigenvalue weighted by atomic mass is 10.1. The van der Waals surface area contributed by atoms with Gasteiger partial charge in [0.05, 0.1) is 0 Å². The standard InChI is InChI=1S/C9H10/c1-7-4-5-8(2)9(3)6-7/h6H,1-3H3. The van der Waals surface area contributed by atoms with Crippen LogP contribution in [0.2, 0.25) is 0 Å². The van der Waals surface area contributed by atoms with E-state index in [0.717, 1.165) is 5.57 Å². The first-order valence-electron chi connectivity index (χ1n) is 3.08. The minimum absolute atomic E-state index is 1.16. The van der Waals surface area contributed by atoms with Crippen LogP contribution in [0.1, 0.15) is 20.8 Å². The van der Waals surface area contributed by atoms with Crippen LogP contribution < -0.4 is 0 Å². The van der Waals surface area contributed by atoms with Gasteiger partial charge >= 0.3 is 0 Å². The maximum atomic E-state index is 3.04. The molecule has 1 aliphatic carbocycles. The van der Waals surface area contributed by atoms with Gasteiger partial charge in [0.2, 0.25) is 0 Å². The third-order valence-corrected chi connectivity index (χ3v) is 1.47. The summed E-state index contributed by atoms with van der Waals surface area (Å²) in [5.74, 6) is 0. The molecule has 9 heavy (non-hydrogen) atoms. The van der Waals surface area contributed by atoms with Gasteiger partial charge < -0.3 is 0 Å². The van der Waals surface area contributed by atoms with Crippen molar-refractivity contribution in [2.24, 2.45) is 0 Å². The van der Waals surface area contributed by atoms with Crippen LogP contribution in [0.4, 0.5) is 0 Å². The Morgan fingerprint density at radius 3 is 2.22 bits per heavy atom. The van der Waals surface area contributed by atoms with Gasteiger partial charge in [-0.1, -0.05) is 11.5 Å². The lowest BCUT2D eigenvalue weighted by Crippen LogP contribution is -1.80. The van der Waals surface area contributed by atoms with Crippen LogP contribution in [0.3, 0.4) is 0 Å². The van der Waals surface area contributed by atoms with Gasteiger partial charge in [0.1, 0.15) is 0 Å². The van der Waals surface area contributed by atoms with Crippen molar-refractivity contribution in [2.45, 2.75) is 20.8 Å². The molecule has 0 N–H and O–H groups in total. The molecule has 46 valence electrons. The molecule has 0 aliphatic heterocycles. The average Bonchev–Trinajstić information content (AvgIpc) is 1.80. The fourth-order valence-electron chi connectivity index (χ4n) is 0.760. The Morgan fingerprint density at radius 2 is 1.78 bits per heavy atom. The number of hydrogen-bond donors (Lipinski definition) is 0. The molecule has 0 unspecified atom stereocenters. The molecule has 0 atom stereocenters. The molecule has 0 fully saturated rings. The van der Waals surface area contributed by atoms with Crippen LogP contribution >= 0.6 is 0 Å². The number of allylic oxidation sites excluding steroid dienone is 4. The van der Waals surface area contributed by atoms with Crippen molar-refractivity contribution in [2.75, 3.05) is 0 Å². The maximum absolute atomic E-state index is 3.04. The van der Waals surface area contributed by atoms with Crippen molar-refractivity contribution in [3.63, 3.8) is 0 Å². The van der Waals surface area contributed by atoms with Gasteiger partial charge in [0.25, 0.3) is 0 Å². The van der Waals surface area contributed by atoms with Crippen LogP contribution in [0.15, 0.2) is 34.3 Å². The third kappa shape index (κ3) is 1.23. The van der Waals surface area contributed by atoms with E-state index in [1.807, 2.05) is 13.8 Å². The Morgan fingerprint density at radius 1 is 1.11 bits per heavy atom. The van der Waals surface area contributed by atoms with Crippen molar-refractivity contribution >= 4 is 0 Å². The van der Waals surface area contributed by atoms with Gasteiger partial charge in [-0.25, -0.2) is 0 Å². The van der Waals surface area contributed by atoms with Gasteiger partial charge in [-0.05, 0) is 38.0 Å². The molecule has 0 aromatic carbocycles. The Kier molecular flexibility index (Phi) is 1.44. The molecule has 0 aromatic rings. The molecule has 0 heterocycles. The van der Waals surface area contributed by atoms with E-state index in [9.17, 15) is 0 Å². The Hall–Kier alpha value is -0.960. The lowest BCUT2D eigenvalue weighted by molar-refractivity contribution is 1.31. The molecule has 1 rings (SSSR count). The predicted molar refractivity (Wildman–Crippen MR) is 39.2 cm³/mol. The summed E-state index contributed by atoms with van der Waals surface area (Å²) in [6.45, 7) is 6.17. The highest BCUT2D eigenvalue weighted by molar-refractivity contribution is 5.36. The van der Waals surface area contributed by atoms with Crippen molar-refractivity contribution in [3.05, 3.63) is 34.3 Å². The van der Waals surface area contributed by atoms with Crippen molar-refractivity contribution in [1.82, 2.24) is 0 Å². The van der Waals surface area contributed by atoms with E-state index in [0.29, 0.717) is 0 Å². The van der Waals surface area contributed by atoms with E-state index < -0.39 is 0 Å². The Balaban J connectivity index is 3.23. The van der Waals surface area contributed by atoms with E-state index >= 15 is 0 Å². The minimum atomic E-state index is 1.16. The third-order valence-electron chi connectivity index (χ3n) is 1.47. The van der Waals surface area contributed by atoms with Gasteiger partial charge in [-0.15, -0.1) is 0 Å². The Labute approximate surface area is 55.9 Å². The first kappa shape index (κ1) is 6.16. The molecular weight excluding hydrogens is 108 g/mol. The molecule has 0 aromatic heterocycles. The molecule has 0 saturated heterocycles. The van der Waals surface area contributed by atoms with Crippen LogP contribution in [0.25, 0.3) is 0 Å². The smallest absolute Gasteiger partial charge is 0.00224 e. The van der Waals surface area contributed by atoms with Crippen molar-refractivity contribution < 1.29 is 0 Å². The highest BCUT2D eigenvalue weighted by atomic mass is 14.0. The Bertz CT molecular complexity index is 252. The average molecular weight is 118 g/mol. The summed E-state index contributed by atoms with van der Waals surface area (Å²) < 4.78 is 0. The number of rotatable bonds is 0. The second kappa shape index (κ2) is 2.11. The highest BCUT2D eigenvalue weighted by Crippen LogP contribution is 2.12. The van der Waals surface area contributed by atoms with E-state index in [1.54, 1.807) is 0 Å². The molecule has 0 bridgehead atoms. The lowest BCUT2D eigenvalue weighted by Gasteiger charge is -1.99. The maximum Gasteiger partial charge on any atom is 0.00224 e. The van der Waals surface area contributed by atoms with Gasteiger partial charge in [0, 0.05) is 5.57 Å². The summed E-state index contributed by atoms with van der Waals surface area (Å²) in [4.78, 5) is 0. The van der Waals surface area contributed by atoms with Gasteiger partial charge in [-0.3, -0.25) is 0 Å². The number of hydrogen-bond acceptors (Lipinski definition) is 0.